The molecule has 0 aromatic rings. The van der Waals surface area contributed by atoms with Crippen molar-refractivity contribution >= 4 is 24.2 Å². The van der Waals surface area contributed by atoms with E-state index in [1.165, 1.54) is 6.92 Å². The summed E-state index contributed by atoms with van der Waals surface area (Å²) in [5.41, 5.74) is 0. The predicted molar refractivity (Wildman–Crippen MR) is 82.2 cm³/mol. The Morgan fingerprint density at radius 1 is 1.29 bits per heavy atom. The summed E-state index contributed by atoms with van der Waals surface area (Å²) in [5.74, 6) is 0.0110. The van der Waals surface area contributed by atoms with Gasteiger partial charge in [-0.1, -0.05) is 12.8 Å². The standard InChI is InChI=1S/C14H25N3O3.ClH/c1-9(18)17-13(10-4-2-3-5-10)14(20)16-7-11-6-15-8-12(11)19;/h10-13,15,19H,2-8H2,1H3,(H,16,20)(H,17,18);1H. The molecule has 0 aromatic carbocycles. The molecule has 1 saturated carbocycles. The van der Waals surface area contributed by atoms with E-state index in [1.54, 1.807) is 0 Å². The second-order valence-electron chi connectivity index (χ2n) is 5.95. The van der Waals surface area contributed by atoms with Crippen LogP contribution < -0.4 is 16.0 Å². The second-order valence-corrected chi connectivity index (χ2v) is 5.95. The summed E-state index contributed by atoms with van der Waals surface area (Å²) in [4.78, 5) is 23.6. The van der Waals surface area contributed by atoms with Crippen molar-refractivity contribution in [3.8, 4) is 0 Å². The number of hydrogen-bond acceptors (Lipinski definition) is 4. The fraction of sp³-hybridized carbons (Fsp3) is 0.857. The van der Waals surface area contributed by atoms with E-state index in [0.717, 1.165) is 32.2 Å². The van der Waals surface area contributed by atoms with Gasteiger partial charge < -0.3 is 21.1 Å². The quantitative estimate of drug-likeness (QED) is 0.565. The van der Waals surface area contributed by atoms with E-state index in [-0.39, 0.29) is 36.1 Å². The van der Waals surface area contributed by atoms with Crippen molar-refractivity contribution in [1.29, 1.82) is 0 Å². The fourth-order valence-electron chi connectivity index (χ4n) is 3.18. The van der Waals surface area contributed by atoms with E-state index >= 15 is 0 Å². The monoisotopic (exact) mass is 319 g/mol. The SMILES string of the molecule is CC(=O)NC(C(=O)NCC1CNCC1O)C1CCCC1.Cl. The first kappa shape index (κ1) is 18.2. The minimum Gasteiger partial charge on any atom is -0.391 e. The zero-order chi connectivity index (χ0) is 14.5. The molecule has 0 radical (unpaired) electrons. The number of β-amino-alcohol motifs (C(OH)–C–C–N with tert-alkyl or cyclic N) is 1. The number of amides is 2. The van der Waals surface area contributed by atoms with Gasteiger partial charge in [0.2, 0.25) is 11.8 Å². The number of nitrogens with one attached hydrogen (secondary N) is 3. The predicted octanol–water partition coefficient (Wildman–Crippen LogP) is -0.200. The normalized spacial score (nSPS) is 27.0. The molecule has 0 bridgehead atoms. The lowest BCUT2D eigenvalue weighted by Gasteiger charge is -2.24. The van der Waals surface area contributed by atoms with Crippen molar-refractivity contribution in [3.05, 3.63) is 0 Å². The maximum Gasteiger partial charge on any atom is 0.242 e. The van der Waals surface area contributed by atoms with E-state index in [4.69, 9.17) is 0 Å². The van der Waals surface area contributed by atoms with Crippen LogP contribution in [-0.4, -0.2) is 48.7 Å². The largest absolute Gasteiger partial charge is 0.391 e. The maximum atomic E-state index is 12.3. The van der Waals surface area contributed by atoms with Crippen molar-refractivity contribution in [1.82, 2.24) is 16.0 Å². The molecule has 1 saturated heterocycles. The zero-order valence-corrected chi connectivity index (χ0v) is 13.2. The number of aliphatic hydroxyl groups is 1. The van der Waals surface area contributed by atoms with Gasteiger partial charge in [0.05, 0.1) is 6.10 Å². The van der Waals surface area contributed by atoms with Gasteiger partial charge in [-0.3, -0.25) is 9.59 Å². The van der Waals surface area contributed by atoms with E-state index in [0.29, 0.717) is 13.1 Å². The van der Waals surface area contributed by atoms with Gasteiger partial charge in [-0.15, -0.1) is 12.4 Å². The van der Waals surface area contributed by atoms with Gasteiger partial charge in [0, 0.05) is 32.5 Å². The zero-order valence-electron chi connectivity index (χ0n) is 12.4. The van der Waals surface area contributed by atoms with Crippen molar-refractivity contribution in [2.24, 2.45) is 11.8 Å². The van der Waals surface area contributed by atoms with Gasteiger partial charge in [0.25, 0.3) is 0 Å². The highest BCUT2D eigenvalue weighted by atomic mass is 35.5. The van der Waals surface area contributed by atoms with Crippen LogP contribution in [0.2, 0.25) is 0 Å². The average molecular weight is 320 g/mol. The van der Waals surface area contributed by atoms with Gasteiger partial charge >= 0.3 is 0 Å². The van der Waals surface area contributed by atoms with Crippen molar-refractivity contribution in [3.63, 3.8) is 0 Å². The topological polar surface area (TPSA) is 90.5 Å². The molecular formula is C14H26ClN3O3. The summed E-state index contributed by atoms with van der Waals surface area (Å²) in [7, 11) is 0. The Bertz CT molecular complexity index is 361. The highest BCUT2D eigenvalue weighted by molar-refractivity contribution is 5.87. The summed E-state index contributed by atoms with van der Waals surface area (Å²) in [6, 6.07) is -0.429. The van der Waals surface area contributed by atoms with E-state index in [9.17, 15) is 14.7 Å². The number of hydrogen-bond donors (Lipinski definition) is 4. The first-order valence-electron chi connectivity index (χ1n) is 7.51. The summed E-state index contributed by atoms with van der Waals surface area (Å²) >= 11 is 0. The third kappa shape index (κ3) is 5.13. The molecule has 6 nitrogen and oxygen atoms in total. The highest BCUT2D eigenvalue weighted by Gasteiger charge is 2.32. The maximum absolute atomic E-state index is 12.3. The molecular weight excluding hydrogens is 294 g/mol. The third-order valence-corrected chi connectivity index (χ3v) is 4.36. The number of carbonyl (C=O) groups excluding carboxylic acids is 2. The number of rotatable bonds is 5. The van der Waals surface area contributed by atoms with Crippen molar-refractivity contribution in [2.45, 2.75) is 44.8 Å². The molecule has 4 N–H and O–H groups in total. The Hall–Kier alpha value is -0.850. The van der Waals surface area contributed by atoms with Crippen molar-refractivity contribution in [2.75, 3.05) is 19.6 Å². The first-order valence-corrected chi connectivity index (χ1v) is 7.51. The van der Waals surface area contributed by atoms with Gasteiger partial charge in [-0.05, 0) is 18.8 Å². The van der Waals surface area contributed by atoms with Gasteiger partial charge in [-0.2, -0.15) is 0 Å². The molecule has 2 aliphatic rings. The molecule has 1 heterocycles. The molecule has 1 aliphatic heterocycles. The molecule has 122 valence electrons. The van der Waals surface area contributed by atoms with E-state index in [1.807, 2.05) is 0 Å². The van der Waals surface area contributed by atoms with Gasteiger partial charge in [-0.25, -0.2) is 0 Å². The Kier molecular flexibility index (Phi) is 7.42. The first-order chi connectivity index (χ1) is 9.58. The molecule has 7 heteroatoms. The lowest BCUT2D eigenvalue weighted by atomic mass is 9.96. The van der Waals surface area contributed by atoms with Crippen LogP contribution in [-0.2, 0) is 9.59 Å². The summed E-state index contributed by atoms with van der Waals surface area (Å²) in [6.07, 6.45) is 3.83. The summed E-state index contributed by atoms with van der Waals surface area (Å²) in [6.45, 7) is 3.20. The molecule has 2 amide bonds. The minimum absolute atomic E-state index is 0. The van der Waals surface area contributed by atoms with Gasteiger partial charge in [0.1, 0.15) is 6.04 Å². The van der Waals surface area contributed by atoms with Crippen LogP contribution >= 0.6 is 12.4 Å². The molecule has 3 atom stereocenters. The number of carbonyl (C=O) groups is 2. The van der Waals surface area contributed by atoms with Crippen LogP contribution in [0.4, 0.5) is 0 Å². The lowest BCUT2D eigenvalue weighted by Crippen LogP contribution is -2.51. The van der Waals surface area contributed by atoms with Crippen LogP contribution in [0.15, 0.2) is 0 Å². The molecule has 1 aliphatic carbocycles. The van der Waals surface area contributed by atoms with Crippen LogP contribution in [0.3, 0.4) is 0 Å². The van der Waals surface area contributed by atoms with Gasteiger partial charge in [0.15, 0.2) is 0 Å². The number of aliphatic hydroxyl groups excluding tert-OH is 1. The Labute approximate surface area is 131 Å². The number of halogens is 1. The van der Waals surface area contributed by atoms with Crippen LogP contribution in [0.25, 0.3) is 0 Å². The molecule has 2 rings (SSSR count). The van der Waals surface area contributed by atoms with Crippen LogP contribution in [0.5, 0.6) is 0 Å². The summed E-state index contributed by atoms with van der Waals surface area (Å²) < 4.78 is 0. The lowest BCUT2D eigenvalue weighted by molar-refractivity contribution is -0.129. The third-order valence-electron chi connectivity index (χ3n) is 4.36. The van der Waals surface area contributed by atoms with E-state index < -0.39 is 12.1 Å². The second kappa shape index (κ2) is 8.56. The van der Waals surface area contributed by atoms with E-state index in [2.05, 4.69) is 16.0 Å². The Morgan fingerprint density at radius 2 is 1.95 bits per heavy atom. The van der Waals surface area contributed by atoms with Crippen LogP contribution in [0, 0.1) is 11.8 Å². The molecule has 2 fully saturated rings. The fourth-order valence-corrected chi connectivity index (χ4v) is 3.18. The smallest absolute Gasteiger partial charge is 0.242 e. The average Bonchev–Trinajstić information content (AvgIpc) is 3.04. The highest BCUT2D eigenvalue weighted by Crippen LogP contribution is 2.28. The van der Waals surface area contributed by atoms with Crippen molar-refractivity contribution < 1.29 is 14.7 Å². The molecule has 0 aromatic heterocycles. The minimum atomic E-state index is -0.429. The summed E-state index contributed by atoms with van der Waals surface area (Å²) in [5, 5.41) is 18.5. The molecule has 3 unspecified atom stereocenters. The molecule has 21 heavy (non-hydrogen) atoms. The Balaban J connectivity index is 0.00000220. The Morgan fingerprint density at radius 3 is 2.48 bits per heavy atom. The molecule has 0 spiro atoms. The van der Waals surface area contributed by atoms with Crippen LogP contribution in [0.1, 0.15) is 32.6 Å².